The fourth-order valence-corrected chi connectivity index (χ4v) is 3.88. The van der Waals surface area contributed by atoms with Gasteiger partial charge in [0.05, 0.1) is 24.8 Å². The van der Waals surface area contributed by atoms with Crippen LogP contribution in [0.1, 0.15) is 5.76 Å². The van der Waals surface area contributed by atoms with Crippen LogP contribution in [0.3, 0.4) is 0 Å². The van der Waals surface area contributed by atoms with Gasteiger partial charge in [-0.05, 0) is 60.3 Å². The third-order valence-corrected chi connectivity index (χ3v) is 5.62. The van der Waals surface area contributed by atoms with Crippen molar-refractivity contribution in [3.63, 3.8) is 0 Å². The maximum Gasteiger partial charge on any atom is 0.266 e. The van der Waals surface area contributed by atoms with Crippen LogP contribution in [-0.4, -0.2) is 37.2 Å². The van der Waals surface area contributed by atoms with Gasteiger partial charge in [0.25, 0.3) is 5.91 Å². The van der Waals surface area contributed by atoms with Gasteiger partial charge in [-0.15, -0.1) is 0 Å². The van der Waals surface area contributed by atoms with Crippen LogP contribution in [-0.2, 0) is 4.79 Å². The van der Waals surface area contributed by atoms with Crippen molar-refractivity contribution >= 4 is 34.6 Å². The van der Waals surface area contributed by atoms with Gasteiger partial charge in [-0.2, -0.15) is 0 Å². The highest BCUT2D eigenvalue weighted by atomic mass is 32.2. The summed E-state index contributed by atoms with van der Waals surface area (Å²) in [6, 6.07) is 18.7. The number of amidine groups is 1. The van der Waals surface area contributed by atoms with E-state index in [1.165, 1.54) is 16.7 Å². The predicted molar refractivity (Wildman–Crippen MR) is 119 cm³/mol. The van der Waals surface area contributed by atoms with Gasteiger partial charge in [0.2, 0.25) is 0 Å². The Kier molecular flexibility index (Phi) is 5.63. The SMILES string of the molecule is COc1ccc(N=C2SC(=Cc3ccc(-c4cccc(OC)c4)o3)C(=O)N2C)cc1. The van der Waals surface area contributed by atoms with Gasteiger partial charge in [0.15, 0.2) is 5.17 Å². The molecule has 0 atom stereocenters. The molecule has 1 fully saturated rings. The summed E-state index contributed by atoms with van der Waals surface area (Å²) < 4.78 is 16.3. The molecule has 3 aromatic rings. The zero-order valence-corrected chi connectivity index (χ0v) is 17.6. The molecule has 1 saturated heterocycles. The summed E-state index contributed by atoms with van der Waals surface area (Å²) in [5.41, 5.74) is 1.65. The number of rotatable bonds is 5. The van der Waals surface area contributed by atoms with Crippen LogP contribution in [0.2, 0.25) is 0 Å². The minimum Gasteiger partial charge on any atom is -0.497 e. The summed E-state index contributed by atoms with van der Waals surface area (Å²) in [6.07, 6.45) is 1.74. The lowest BCUT2D eigenvalue weighted by Gasteiger charge is -2.07. The molecule has 152 valence electrons. The average Bonchev–Trinajstić information content (AvgIpc) is 3.35. The number of hydrogen-bond donors (Lipinski definition) is 0. The normalized spacial score (nSPS) is 16.5. The Balaban J connectivity index is 1.56. The second-order valence-electron chi connectivity index (χ2n) is 6.50. The van der Waals surface area contributed by atoms with E-state index >= 15 is 0 Å². The number of ether oxygens (including phenoxy) is 2. The lowest BCUT2D eigenvalue weighted by Crippen LogP contribution is -2.23. The van der Waals surface area contributed by atoms with Gasteiger partial charge in [0, 0.05) is 18.7 Å². The third kappa shape index (κ3) is 4.11. The average molecular weight is 420 g/mol. The Morgan fingerprint density at radius 3 is 2.50 bits per heavy atom. The highest BCUT2D eigenvalue weighted by molar-refractivity contribution is 8.18. The number of amides is 1. The maximum absolute atomic E-state index is 12.6. The number of benzene rings is 2. The maximum atomic E-state index is 12.6. The van der Waals surface area contributed by atoms with E-state index in [0.29, 0.717) is 21.6 Å². The Bertz CT molecular complexity index is 1130. The van der Waals surface area contributed by atoms with Crippen molar-refractivity contribution in [2.75, 3.05) is 21.3 Å². The molecule has 0 radical (unpaired) electrons. The van der Waals surface area contributed by atoms with Crippen molar-refractivity contribution in [2.24, 2.45) is 4.99 Å². The quantitative estimate of drug-likeness (QED) is 0.531. The molecule has 0 saturated carbocycles. The Hall–Kier alpha value is -3.45. The van der Waals surface area contributed by atoms with Crippen LogP contribution in [0, 0.1) is 0 Å². The van der Waals surface area contributed by atoms with Crippen LogP contribution >= 0.6 is 11.8 Å². The number of thioether (sulfide) groups is 1. The van der Waals surface area contributed by atoms with Crippen LogP contribution < -0.4 is 9.47 Å². The lowest BCUT2D eigenvalue weighted by atomic mass is 10.2. The van der Waals surface area contributed by atoms with Crippen molar-refractivity contribution < 1.29 is 18.7 Å². The van der Waals surface area contributed by atoms with Gasteiger partial charge in [-0.25, -0.2) is 4.99 Å². The molecule has 1 amide bonds. The largest absolute Gasteiger partial charge is 0.497 e. The summed E-state index contributed by atoms with van der Waals surface area (Å²) in [4.78, 5) is 19.3. The Morgan fingerprint density at radius 2 is 1.77 bits per heavy atom. The molecule has 6 nitrogen and oxygen atoms in total. The van der Waals surface area contributed by atoms with Gasteiger partial charge in [-0.1, -0.05) is 12.1 Å². The molecular formula is C23H20N2O4S. The molecule has 2 aromatic carbocycles. The van der Waals surface area contributed by atoms with Crippen LogP contribution in [0.4, 0.5) is 5.69 Å². The van der Waals surface area contributed by atoms with Crippen molar-refractivity contribution in [3.8, 4) is 22.8 Å². The molecule has 30 heavy (non-hydrogen) atoms. The minimum atomic E-state index is -0.119. The monoisotopic (exact) mass is 420 g/mol. The number of furan rings is 1. The van der Waals surface area contributed by atoms with E-state index in [2.05, 4.69) is 4.99 Å². The number of nitrogens with zero attached hydrogens (tertiary/aromatic N) is 2. The molecule has 1 aliphatic heterocycles. The van der Waals surface area contributed by atoms with Gasteiger partial charge in [0.1, 0.15) is 23.0 Å². The smallest absolute Gasteiger partial charge is 0.266 e. The summed E-state index contributed by atoms with van der Waals surface area (Å²) in [6.45, 7) is 0. The van der Waals surface area contributed by atoms with Crippen LogP contribution in [0.15, 0.2) is 75.0 Å². The van der Waals surface area contributed by atoms with Crippen molar-refractivity contribution in [3.05, 3.63) is 71.3 Å². The van der Waals surface area contributed by atoms with E-state index in [9.17, 15) is 4.79 Å². The Morgan fingerprint density at radius 1 is 1.00 bits per heavy atom. The van der Waals surface area contributed by atoms with E-state index in [4.69, 9.17) is 13.9 Å². The first kappa shape index (κ1) is 19.8. The number of hydrogen-bond acceptors (Lipinski definition) is 6. The molecule has 1 aromatic heterocycles. The highest BCUT2D eigenvalue weighted by Gasteiger charge is 2.30. The molecule has 0 N–H and O–H groups in total. The first-order valence-corrected chi connectivity index (χ1v) is 10.0. The molecule has 7 heteroatoms. The first-order valence-electron chi connectivity index (χ1n) is 9.22. The van der Waals surface area contributed by atoms with Crippen LogP contribution in [0.25, 0.3) is 17.4 Å². The number of carbonyl (C=O) groups is 1. The molecule has 4 rings (SSSR count). The van der Waals surface area contributed by atoms with Crippen molar-refractivity contribution in [2.45, 2.75) is 0 Å². The molecule has 0 spiro atoms. The fraction of sp³-hybridized carbons (Fsp3) is 0.130. The van der Waals surface area contributed by atoms with E-state index in [1.54, 1.807) is 27.3 Å². The highest BCUT2D eigenvalue weighted by Crippen LogP contribution is 2.34. The molecule has 0 unspecified atom stereocenters. The number of methoxy groups -OCH3 is 2. The third-order valence-electron chi connectivity index (χ3n) is 4.56. The summed E-state index contributed by atoms with van der Waals surface area (Å²) in [5, 5.41) is 0.607. The number of carbonyl (C=O) groups excluding carboxylic acids is 1. The van der Waals surface area contributed by atoms with E-state index < -0.39 is 0 Å². The summed E-state index contributed by atoms with van der Waals surface area (Å²) in [5.74, 6) is 2.70. The van der Waals surface area contributed by atoms with Crippen molar-refractivity contribution in [1.82, 2.24) is 4.90 Å². The molecule has 0 aliphatic carbocycles. The zero-order valence-electron chi connectivity index (χ0n) is 16.8. The lowest BCUT2D eigenvalue weighted by molar-refractivity contribution is -0.121. The molecule has 2 heterocycles. The van der Waals surface area contributed by atoms with Crippen LogP contribution in [0.5, 0.6) is 11.5 Å². The van der Waals surface area contributed by atoms with E-state index in [0.717, 1.165) is 22.7 Å². The first-order chi connectivity index (χ1) is 14.6. The van der Waals surface area contributed by atoms with E-state index in [1.807, 2.05) is 60.7 Å². The Labute approximate surface area is 178 Å². The zero-order chi connectivity index (χ0) is 21.1. The van der Waals surface area contributed by atoms with E-state index in [-0.39, 0.29) is 5.91 Å². The second kappa shape index (κ2) is 8.51. The second-order valence-corrected chi connectivity index (χ2v) is 7.51. The standard InChI is InChI=1S/C23H20N2O4S/c1-25-22(26)21(30-23(25)24-16-7-9-17(27-2)10-8-16)14-19-11-12-20(29-19)15-5-4-6-18(13-15)28-3/h4-14H,1-3H3. The van der Waals surface area contributed by atoms with Gasteiger partial charge in [-0.3, -0.25) is 9.69 Å². The minimum absolute atomic E-state index is 0.119. The number of aliphatic imine (C=N–C) groups is 1. The molecule has 1 aliphatic rings. The molecule has 0 bridgehead atoms. The fourth-order valence-electron chi connectivity index (χ4n) is 2.91. The summed E-state index contributed by atoms with van der Waals surface area (Å²) in [7, 11) is 4.95. The molecular weight excluding hydrogens is 400 g/mol. The predicted octanol–water partition coefficient (Wildman–Crippen LogP) is 5.20. The van der Waals surface area contributed by atoms with Gasteiger partial charge < -0.3 is 13.9 Å². The summed E-state index contributed by atoms with van der Waals surface area (Å²) >= 11 is 1.31. The van der Waals surface area contributed by atoms with Gasteiger partial charge >= 0.3 is 0 Å². The van der Waals surface area contributed by atoms with Crippen molar-refractivity contribution in [1.29, 1.82) is 0 Å². The number of likely N-dealkylation sites (N-methyl/N-ethyl adjacent to an activating group) is 1. The topological polar surface area (TPSA) is 64.3 Å².